The Hall–Kier alpha value is -1.01. The summed E-state index contributed by atoms with van der Waals surface area (Å²) in [6, 6.07) is 7.15. The van der Waals surface area contributed by atoms with Gasteiger partial charge in [-0.3, -0.25) is 8.42 Å². The van der Waals surface area contributed by atoms with Crippen molar-refractivity contribution in [2.45, 2.75) is 51.7 Å². The number of benzene rings is 1. The van der Waals surface area contributed by atoms with Crippen molar-refractivity contribution in [3.8, 4) is 0 Å². The third-order valence-corrected chi connectivity index (χ3v) is 7.32. The molecule has 0 spiro atoms. The second-order valence-corrected chi connectivity index (χ2v) is 9.65. The van der Waals surface area contributed by atoms with Crippen LogP contribution in [0.4, 0.5) is 0 Å². The van der Waals surface area contributed by atoms with Crippen molar-refractivity contribution in [1.29, 1.82) is 0 Å². The molecule has 0 heterocycles. The molecule has 0 radical (unpaired) electrons. The minimum Gasteiger partial charge on any atom is -0.461 e. The number of carbonyl (C=O) groups excluding carboxylic acids is 1. The molecule has 6 heteroatoms. The van der Waals surface area contributed by atoms with E-state index >= 15 is 0 Å². The zero-order valence-electron chi connectivity index (χ0n) is 15.5. The molecular weight excluding hydrogens is 356 g/mol. The summed E-state index contributed by atoms with van der Waals surface area (Å²) in [5.41, 5.74) is 1.55. The molecule has 0 N–H and O–H groups in total. The van der Waals surface area contributed by atoms with Crippen LogP contribution >= 0.6 is 0 Å². The van der Waals surface area contributed by atoms with Crippen LogP contribution in [-0.2, 0) is 26.3 Å². The van der Waals surface area contributed by atoms with Gasteiger partial charge in [-0.2, -0.15) is 0 Å². The van der Waals surface area contributed by atoms with Gasteiger partial charge in [-0.15, -0.1) is 0 Å². The van der Waals surface area contributed by atoms with Crippen LogP contribution in [0.15, 0.2) is 24.3 Å². The lowest BCUT2D eigenvalue weighted by atomic mass is 10.1. The van der Waals surface area contributed by atoms with Gasteiger partial charge in [0.2, 0.25) is 0 Å². The standard InChI is InChI=1S/C19H30O4S2/c1-4-6-12-24(21)15-18(25(22)13-7-5-2)14-23-19(20)17-10-8-16(3)9-11-17/h8-11,18H,4-7,12-15H2,1-3H3. The molecule has 1 rings (SSSR count). The summed E-state index contributed by atoms with van der Waals surface area (Å²) in [5, 5.41) is -0.362. The molecule has 4 nitrogen and oxygen atoms in total. The fraction of sp³-hybridized carbons (Fsp3) is 0.632. The van der Waals surface area contributed by atoms with E-state index < -0.39 is 27.6 Å². The summed E-state index contributed by atoms with van der Waals surface area (Å²) in [5.74, 6) is 1.09. The van der Waals surface area contributed by atoms with Crippen LogP contribution in [0.1, 0.15) is 55.5 Å². The molecule has 0 aromatic heterocycles. The van der Waals surface area contributed by atoms with Crippen molar-refractivity contribution in [2.75, 3.05) is 23.9 Å². The van der Waals surface area contributed by atoms with Crippen molar-refractivity contribution < 1.29 is 17.9 Å². The molecule has 1 aromatic carbocycles. The highest BCUT2D eigenvalue weighted by Crippen LogP contribution is 2.09. The van der Waals surface area contributed by atoms with Crippen molar-refractivity contribution >= 4 is 27.6 Å². The van der Waals surface area contributed by atoms with Gasteiger partial charge in [-0.25, -0.2) is 4.79 Å². The van der Waals surface area contributed by atoms with E-state index in [4.69, 9.17) is 4.74 Å². The first-order valence-electron chi connectivity index (χ1n) is 8.93. The Morgan fingerprint density at radius 2 is 1.64 bits per heavy atom. The summed E-state index contributed by atoms with van der Waals surface area (Å²) < 4.78 is 30.0. The Bertz CT molecular complexity index is 569. The van der Waals surface area contributed by atoms with E-state index in [1.807, 2.05) is 26.0 Å². The van der Waals surface area contributed by atoms with Crippen LogP contribution in [-0.4, -0.2) is 43.5 Å². The highest BCUT2D eigenvalue weighted by molar-refractivity contribution is 7.89. The van der Waals surface area contributed by atoms with E-state index in [2.05, 4.69) is 6.92 Å². The highest BCUT2D eigenvalue weighted by Gasteiger charge is 2.22. The van der Waals surface area contributed by atoms with Gasteiger partial charge in [0.25, 0.3) is 0 Å². The average Bonchev–Trinajstić information content (AvgIpc) is 2.61. The van der Waals surface area contributed by atoms with Gasteiger partial charge in [-0.05, 0) is 31.9 Å². The van der Waals surface area contributed by atoms with Gasteiger partial charge in [0.05, 0.1) is 10.8 Å². The van der Waals surface area contributed by atoms with Gasteiger partial charge < -0.3 is 4.74 Å². The quantitative estimate of drug-likeness (QED) is 0.515. The van der Waals surface area contributed by atoms with Gasteiger partial charge in [0.1, 0.15) is 6.61 Å². The number of rotatable bonds is 12. The molecule has 0 saturated carbocycles. The molecular formula is C19H30O4S2. The van der Waals surface area contributed by atoms with Crippen LogP contribution in [0.25, 0.3) is 0 Å². The van der Waals surface area contributed by atoms with Crippen molar-refractivity contribution in [2.24, 2.45) is 0 Å². The lowest BCUT2D eigenvalue weighted by molar-refractivity contribution is 0.0510. The van der Waals surface area contributed by atoms with E-state index in [1.165, 1.54) is 0 Å². The smallest absolute Gasteiger partial charge is 0.338 e. The van der Waals surface area contributed by atoms with E-state index in [0.29, 0.717) is 22.8 Å². The first-order chi connectivity index (χ1) is 12.0. The number of hydrogen-bond donors (Lipinski definition) is 0. The average molecular weight is 387 g/mol. The Morgan fingerprint density at radius 3 is 2.24 bits per heavy atom. The lowest BCUT2D eigenvalue weighted by Crippen LogP contribution is -2.31. The van der Waals surface area contributed by atoms with Crippen molar-refractivity contribution in [1.82, 2.24) is 0 Å². The van der Waals surface area contributed by atoms with Gasteiger partial charge in [0, 0.05) is 38.9 Å². The predicted octanol–water partition coefficient (Wildman–Crippen LogP) is 3.62. The number of aryl methyl sites for hydroxylation is 1. The van der Waals surface area contributed by atoms with Gasteiger partial charge >= 0.3 is 5.97 Å². The fourth-order valence-corrected chi connectivity index (χ4v) is 5.67. The number of carbonyl (C=O) groups is 1. The highest BCUT2D eigenvalue weighted by atomic mass is 32.2. The van der Waals surface area contributed by atoms with Crippen molar-refractivity contribution in [3.05, 3.63) is 35.4 Å². The molecule has 0 aliphatic heterocycles. The van der Waals surface area contributed by atoms with E-state index in [9.17, 15) is 13.2 Å². The summed E-state index contributed by atoms with van der Waals surface area (Å²) in [4.78, 5) is 12.2. The second-order valence-electron chi connectivity index (χ2n) is 6.19. The zero-order chi connectivity index (χ0) is 18.7. The minimum absolute atomic E-state index is 0.0564. The summed E-state index contributed by atoms with van der Waals surface area (Å²) >= 11 is 0. The summed E-state index contributed by atoms with van der Waals surface area (Å²) in [7, 11) is -2.15. The summed E-state index contributed by atoms with van der Waals surface area (Å²) in [6.07, 6.45) is 3.69. The Morgan fingerprint density at radius 1 is 1.04 bits per heavy atom. The SMILES string of the molecule is CCCCS(=O)CC(COC(=O)c1ccc(C)cc1)S(=O)CCCC. The Kier molecular flexibility index (Phi) is 10.9. The molecule has 25 heavy (non-hydrogen) atoms. The molecule has 3 atom stereocenters. The predicted molar refractivity (Wildman–Crippen MR) is 106 cm³/mol. The Labute approximate surface area is 156 Å². The maximum absolute atomic E-state index is 12.5. The normalized spacial score (nSPS) is 14.7. The zero-order valence-corrected chi connectivity index (χ0v) is 17.1. The van der Waals surface area contributed by atoms with Crippen molar-refractivity contribution in [3.63, 3.8) is 0 Å². The van der Waals surface area contributed by atoms with Crippen LogP contribution in [0.3, 0.4) is 0 Å². The first kappa shape index (κ1) is 22.0. The van der Waals surface area contributed by atoms with Crippen LogP contribution < -0.4 is 0 Å². The van der Waals surface area contributed by atoms with E-state index in [-0.39, 0.29) is 11.9 Å². The number of hydrogen-bond acceptors (Lipinski definition) is 4. The van der Waals surface area contributed by atoms with Crippen LogP contribution in [0, 0.1) is 6.92 Å². The lowest BCUT2D eigenvalue weighted by Gasteiger charge is -2.16. The maximum atomic E-state index is 12.5. The third kappa shape index (κ3) is 8.77. The van der Waals surface area contributed by atoms with E-state index in [0.717, 1.165) is 31.2 Å². The molecule has 142 valence electrons. The molecule has 0 fully saturated rings. The minimum atomic E-state index is -1.13. The molecule has 3 unspecified atom stereocenters. The fourth-order valence-electron chi connectivity index (χ4n) is 2.19. The van der Waals surface area contributed by atoms with E-state index in [1.54, 1.807) is 12.1 Å². The number of esters is 1. The van der Waals surface area contributed by atoms with Crippen LogP contribution in [0.5, 0.6) is 0 Å². The Balaban J connectivity index is 2.64. The third-order valence-electron chi connectivity index (χ3n) is 3.86. The van der Waals surface area contributed by atoms with Gasteiger partial charge in [0.15, 0.2) is 0 Å². The monoisotopic (exact) mass is 386 g/mol. The van der Waals surface area contributed by atoms with Gasteiger partial charge in [-0.1, -0.05) is 44.4 Å². The second kappa shape index (κ2) is 12.4. The number of unbranched alkanes of at least 4 members (excludes halogenated alkanes) is 2. The van der Waals surface area contributed by atoms with Crippen LogP contribution in [0.2, 0.25) is 0 Å². The number of ether oxygens (including phenoxy) is 1. The first-order valence-corrected chi connectivity index (χ1v) is 11.8. The molecule has 1 aromatic rings. The maximum Gasteiger partial charge on any atom is 0.338 e. The molecule has 0 amide bonds. The summed E-state index contributed by atoms with van der Waals surface area (Å²) in [6.45, 7) is 6.11. The molecule has 0 aliphatic rings. The molecule has 0 bridgehead atoms. The largest absolute Gasteiger partial charge is 0.461 e. The molecule has 0 aliphatic carbocycles. The topological polar surface area (TPSA) is 60.4 Å². The molecule has 0 saturated heterocycles.